The van der Waals surface area contributed by atoms with Crippen LogP contribution in [-0.4, -0.2) is 30.2 Å². The Morgan fingerprint density at radius 2 is 1.87 bits per heavy atom. The third-order valence-corrected chi connectivity index (χ3v) is 6.42. The number of carbonyl (C=O) groups is 2. The van der Waals surface area contributed by atoms with Crippen LogP contribution in [0.3, 0.4) is 0 Å². The Morgan fingerprint density at radius 3 is 2.63 bits per heavy atom. The van der Waals surface area contributed by atoms with Crippen LogP contribution in [0.15, 0.2) is 40.5 Å². The number of rotatable bonds is 6. The molecule has 1 aromatic rings. The van der Waals surface area contributed by atoms with Gasteiger partial charge in [0.15, 0.2) is 0 Å². The molecule has 1 unspecified atom stereocenters. The fourth-order valence-corrected chi connectivity index (χ4v) is 5.02. The van der Waals surface area contributed by atoms with Crippen LogP contribution in [0.5, 0.6) is 5.75 Å². The van der Waals surface area contributed by atoms with Crippen molar-refractivity contribution in [2.75, 3.05) is 6.61 Å². The van der Waals surface area contributed by atoms with E-state index in [1.807, 2.05) is 31.2 Å². The summed E-state index contributed by atoms with van der Waals surface area (Å²) in [7, 11) is 0. The number of hydrogen-bond acceptors (Lipinski definition) is 5. The summed E-state index contributed by atoms with van der Waals surface area (Å²) in [5.74, 6) is -0.222. The summed E-state index contributed by atoms with van der Waals surface area (Å²) in [6.45, 7) is 4.52. The van der Waals surface area contributed by atoms with Gasteiger partial charge >= 0.3 is 5.97 Å². The molecule has 3 aliphatic rings. The maximum atomic E-state index is 13.4. The van der Waals surface area contributed by atoms with Crippen LogP contribution < -0.4 is 4.74 Å². The lowest BCUT2D eigenvalue weighted by atomic mass is 9.69. The van der Waals surface area contributed by atoms with Crippen molar-refractivity contribution in [2.45, 2.75) is 77.2 Å². The van der Waals surface area contributed by atoms with Crippen LogP contribution in [0.1, 0.15) is 76.7 Å². The lowest BCUT2D eigenvalue weighted by molar-refractivity contribution is -0.144. The highest BCUT2D eigenvalue weighted by molar-refractivity contribution is 6.11. The van der Waals surface area contributed by atoms with Gasteiger partial charge in [-0.3, -0.25) is 9.79 Å². The summed E-state index contributed by atoms with van der Waals surface area (Å²) in [4.78, 5) is 31.1. The number of Topliss-reactive ketones (excluding diaryl/α,β-unsaturated/α-hetero) is 1. The van der Waals surface area contributed by atoms with Crippen molar-refractivity contribution < 1.29 is 19.1 Å². The van der Waals surface area contributed by atoms with E-state index in [2.05, 4.69) is 6.92 Å². The molecule has 0 N–H and O–H groups in total. The quantitative estimate of drug-likeness (QED) is 0.610. The molecule has 5 nitrogen and oxygen atoms in total. The first-order valence-electron chi connectivity index (χ1n) is 11.3. The predicted octanol–water partition coefficient (Wildman–Crippen LogP) is 5.14. The molecule has 30 heavy (non-hydrogen) atoms. The lowest BCUT2D eigenvalue weighted by Gasteiger charge is -2.36. The van der Waals surface area contributed by atoms with Gasteiger partial charge in [-0.15, -0.1) is 0 Å². The highest BCUT2D eigenvalue weighted by Gasteiger charge is 2.45. The molecule has 0 saturated heterocycles. The maximum absolute atomic E-state index is 13.4. The van der Waals surface area contributed by atoms with Crippen molar-refractivity contribution in [3.63, 3.8) is 0 Å². The average Bonchev–Trinajstić information content (AvgIpc) is 3.24. The summed E-state index contributed by atoms with van der Waals surface area (Å²) >= 11 is 0. The van der Waals surface area contributed by atoms with Crippen molar-refractivity contribution in [1.82, 2.24) is 0 Å². The lowest BCUT2D eigenvalue weighted by Crippen LogP contribution is -2.39. The first kappa shape index (κ1) is 20.8. The minimum absolute atomic E-state index is 0.0301. The molecule has 160 valence electrons. The highest BCUT2D eigenvalue weighted by atomic mass is 16.5. The van der Waals surface area contributed by atoms with E-state index in [0.29, 0.717) is 24.3 Å². The molecule has 0 aromatic heterocycles. The van der Waals surface area contributed by atoms with Crippen LogP contribution in [0.25, 0.3) is 0 Å². The molecule has 5 heteroatoms. The molecule has 2 aliphatic carbocycles. The Morgan fingerprint density at radius 1 is 1.10 bits per heavy atom. The second kappa shape index (κ2) is 9.15. The van der Waals surface area contributed by atoms with Crippen molar-refractivity contribution >= 4 is 17.5 Å². The van der Waals surface area contributed by atoms with Crippen LogP contribution in [0, 0.1) is 5.92 Å². The molecular weight excluding hydrogens is 378 g/mol. The van der Waals surface area contributed by atoms with Crippen LogP contribution in [0.4, 0.5) is 0 Å². The van der Waals surface area contributed by atoms with Crippen molar-refractivity contribution in [3.05, 3.63) is 41.1 Å². The fraction of sp³-hybridized carbons (Fsp3) is 0.560. The number of ether oxygens (including phenoxy) is 2. The second-order valence-electron chi connectivity index (χ2n) is 8.58. The van der Waals surface area contributed by atoms with E-state index in [4.69, 9.17) is 14.5 Å². The zero-order valence-corrected chi connectivity index (χ0v) is 18.0. The summed E-state index contributed by atoms with van der Waals surface area (Å²) in [5, 5.41) is 0. The third-order valence-electron chi connectivity index (χ3n) is 6.42. The van der Waals surface area contributed by atoms with Gasteiger partial charge in [-0.1, -0.05) is 25.1 Å². The predicted molar refractivity (Wildman–Crippen MR) is 116 cm³/mol. The van der Waals surface area contributed by atoms with Crippen molar-refractivity contribution in [1.29, 1.82) is 0 Å². The Kier molecular flexibility index (Phi) is 6.35. The van der Waals surface area contributed by atoms with E-state index >= 15 is 0 Å². The number of benzene rings is 1. The Bertz CT molecular complexity index is 879. The zero-order chi connectivity index (χ0) is 21.1. The Hall–Kier alpha value is -2.43. The average molecular weight is 410 g/mol. The number of nitrogens with zero attached hydrogens (tertiary/aromatic N) is 1. The van der Waals surface area contributed by atoms with Crippen LogP contribution >= 0.6 is 0 Å². The van der Waals surface area contributed by atoms with Gasteiger partial charge in [-0.05, 0) is 57.9 Å². The Balaban J connectivity index is 1.78. The molecule has 0 bridgehead atoms. The van der Waals surface area contributed by atoms with Crippen molar-refractivity contribution in [2.24, 2.45) is 10.9 Å². The summed E-state index contributed by atoms with van der Waals surface area (Å²) in [6, 6.07) is 7.79. The van der Waals surface area contributed by atoms with E-state index in [1.54, 1.807) is 0 Å². The number of esters is 1. The van der Waals surface area contributed by atoms with Crippen LogP contribution in [-0.2, 0) is 14.3 Å². The number of allylic oxidation sites excluding steroid dienone is 1. The number of aliphatic imine (C=N–C) groups is 1. The molecule has 1 aromatic carbocycles. The molecule has 4 rings (SSSR count). The first-order valence-corrected chi connectivity index (χ1v) is 11.3. The number of hydrogen-bond donors (Lipinski definition) is 0. The van der Waals surface area contributed by atoms with Crippen molar-refractivity contribution in [3.8, 4) is 5.75 Å². The monoisotopic (exact) mass is 409 g/mol. The number of para-hydroxylation sites is 1. The summed E-state index contributed by atoms with van der Waals surface area (Å²) in [5.41, 5.74) is 2.99. The van der Waals surface area contributed by atoms with Gasteiger partial charge < -0.3 is 9.47 Å². The van der Waals surface area contributed by atoms with E-state index in [9.17, 15) is 9.59 Å². The molecule has 2 saturated carbocycles. The van der Waals surface area contributed by atoms with Gasteiger partial charge in [0.25, 0.3) is 0 Å². The standard InChI is InChI=1S/C25H31NO4/c1-3-15-29-21-14-7-6-11-18(21)23-22(25(28)30-17-9-4-5-10-17)16(2)26-19-12-8-13-20(27)24(19)23/h6-7,11,14,17,23-24H,3-5,8-10,12-13,15H2,1-2H3/t23-,24?/m0/s1. The van der Waals surface area contributed by atoms with Gasteiger partial charge in [0.1, 0.15) is 17.6 Å². The topological polar surface area (TPSA) is 65.0 Å². The molecule has 0 radical (unpaired) electrons. The van der Waals surface area contributed by atoms with Gasteiger partial charge in [-0.25, -0.2) is 4.79 Å². The minimum Gasteiger partial charge on any atom is -0.493 e. The number of carbonyl (C=O) groups excluding carboxylic acids is 2. The summed E-state index contributed by atoms with van der Waals surface area (Å²) in [6.07, 6.45) is 7.02. The number of ketones is 1. The molecule has 0 amide bonds. The highest BCUT2D eigenvalue weighted by Crippen LogP contribution is 2.46. The normalized spacial score (nSPS) is 24.5. The largest absolute Gasteiger partial charge is 0.493 e. The maximum Gasteiger partial charge on any atom is 0.336 e. The third kappa shape index (κ3) is 4.07. The molecule has 0 spiro atoms. The summed E-state index contributed by atoms with van der Waals surface area (Å²) < 4.78 is 11.9. The molecule has 2 atom stereocenters. The second-order valence-corrected chi connectivity index (χ2v) is 8.58. The van der Waals surface area contributed by atoms with E-state index in [1.165, 1.54) is 0 Å². The Labute approximate surface area is 178 Å². The van der Waals surface area contributed by atoms with E-state index in [0.717, 1.165) is 62.0 Å². The van der Waals surface area contributed by atoms with E-state index in [-0.39, 0.29) is 17.9 Å². The zero-order valence-electron chi connectivity index (χ0n) is 18.0. The smallest absolute Gasteiger partial charge is 0.336 e. The van der Waals surface area contributed by atoms with Gasteiger partial charge in [0.05, 0.1) is 18.1 Å². The van der Waals surface area contributed by atoms with E-state index < -0.39 is 11.8 Å². The molecule has 1 heterocycles. The van der Waals surface area contributed by atoms with Crippen LogP contribution in [0.2, 0.25) is 0 Å². The molecule has 1 aliphatic heterocycles. The number of fused-ring (bicyclic) bond motifs is 1. The minimum atomic E-state index is -0.403. The fourth-order valence-electron chi connectivity index (χ4n) is 5.02. The first-order chi connectivity index (χ1) is 14.6. The van der Waals surface area contributed by atoms with Gasteiger partial charge in [0, 0.05) is 29.3 Å². The van der Waals surface area contributed by atoms with Gasteiger partial charge in [-0.2, -0.15) is 0 Å². The SMILES string of the molecule is CCCOc1ccccc1[C@H]1C(C(=O)OC2CCCC2)=C(C)N=C2CCCC(=O)C21. The molecular formula is C25H31NO4. The van der Waals surface area contributed by atoms with Gasteiger partial charge in [0.2, 0.25) is 0 Å². The molecule has 2 fully saturated rings.